The number of fused-ring (bicyclic) bond motifs is 1. The van der Waals surface area contributed by atoms with Gasteiger partial charge in [0.25, 0.3) is 0 Å². The number of benzene rings is 1. The lowest BCUT2D eigenvalue weighted by Crippen LogP contribution is -1.97. The van der Waals surface area contributed by atoms with Gasteiger partial charge in [-0.25, -0.2) is 0 Å². The van der Waals surface area contributed by atoms with E-state index in [0.29, 0.717) is 29.4 Å². The fraction of sp³-hybridized carbons (Fsp3) is 0.133. The molecule has 4 nitrogen and oxygen atoms in total. The van der Waals surface area contributed by atoms with Gasteiger partial charge < -0.3 is 13.9 Å². The van der Waals surface area contributed by atoms with Gasteiger partial charge in [0, 0.05) is 12.1 Å². The molecule has 0 fully saturated rings. The number of carbonyl (C=O) groups is 1. The van der Waals surface area contributed by atoms with Gasteiger partial charge in [0.1, 0.15) is 17.3 Å². The SMILES string of the molecule is CCOc1ccc2c(c1)O/C(=C/c1ccco1)C2=O. The molecule has 0 atom stereocenters. The molecule has 0 unspecified atom stereocenters. The summed E-state index contributed by atoms with van der Waals surface area (Å²) in [6.45, 7) is 2.48. The molecule has 1 aromatic carbocycles. The van der Waals surface area contributed by atoms with Crippen molar-refractivity contribution in [3.05, 3.63) is 53.7 Å². The van der Waals surface area contributed by atoms with E-state index in [2.05, 4.69) is 0 Å². The minimum atomic E-state index is -0.144. The van der Waals surface area contributed by atoms with Crippen molar-refractivity contribution in [2.45, 2.75) is 6.92 Å². The van der Waals surface area contributed by atoms with E-state index in [1.807, 2.05) is 6.92 Å². The normalized spacial score (nSPS) is 15.4. The molecule has 4 heteroatoms. The number of hydrogen-bond acceptors (Lipinski definition) is 4. The Morgan fingerprint density at radius 1 is 1.32 bits per heavy atom. The molecule has 3 rings (SSSR count). The Balaban J connectivity index is 1.93. The second-order valence-corrected chi connectivity index (χ2v) is 4.05. The Kier molecular flexibility index (Phi) is 2.83. The Morgan fingerprint density at radius 3 is 2.95 bits per heavy atom. The summed E-state index contributed by atoms with van der Waals surface area (Å²) in [5.74, 6) is 1.91. The van der Waals surface area contributed by atoms with Crippen molar-refractivity contribution in [1.82, 2.24) is 0 Å². The van der Waals surface area contributed by atoms with Crippen molar-refractivity contribution < 1.29 is 18.7 Å². The van der Waals surface area contributed by atoms with Crippen LogP contribution in [0.1, 0.15) is 23.0 Å². The first-order valence-corrected chi connectivity index (χ1v) is 6.02. The second-order valence-electron chi connectivity index (χ2n) is 4.05. The molecule has 2 heterocycles. The van der Waals surface area contributed by atoms with Gasteiger partial charge in [-0.1, -0.05) is 0 Å². The number of allylic oxidation sites excluding steroid dienone is 1. The summed E-state index contributed by atoms with van der Waals surface area (Å²) < 4.78 is 16.1. The van der Waals surface area contributed by atoms with Gasteiger partial charge in [-0.05, 0) is 31.2 Å². The number of carbonyl (C=O) groups excluding carboxylic acids is 1. The topological polar surface area (TPSA) is 48.7 Å². The summed E-state index contributed by atoms with van der Waals surface area (Å²) in [5.41, 5.74) is 0.543. The lowest BCUT2D eigenvalue weighted by Gasteiger charge is -2.03. The highest BCUT2D eigenvalue weighted by Gasteiger charge is 2.27. The molecule has 0 saturated carbocycles. The number of hydrogen-bond donors (Lipinski definition) is 0. The van der Waals surface area contributed by atoms with Crippen molar-refractivity contribution in [2.75, 3.05) is 6.61 Å². The average molecular weight is 256 g/mol. The Labute approximate surface area is 110 Å². The van der Waals surface area contributed by atoms with Crippen molar-refractivity contribution in [3.63, 3.8) is 0 Å². The third-order valence-corrected chi connectivity index (χ3v) is 2.77. The van der Waals surface area contributed by atoms with E-state index < -0.39 is 0 Å². The summed E-state index contributed by atoms with van der Waals surface area (Å²) in [6, 6.07) is 8.72. The molecule has 1 aromatic heterocycles. The van der Waals surface area contributed by atoms with Crippen molar-refractivity contribution in [1.29, 1.82) is 0 Å². The molecule has 0 N–H and O–H groups in total. The maximum atomic E-state index is 12.1. The van der Waals surface area contributed by atoms with Crippen molar-refractivity contribution in [2.24, 2.45) is 0 Å². The van der Waals surface area contributed by atoms with E-state index in [9.17, 15) is 4.79 Å². The fourth-order valence-electron chi connectivity index (χ4n) is 1.93. The number of ketones is 1. The molecule has 0 aliphatic carbocycles. The maximum absolute atomic E-state index is 12.1. The van der Waals surface area contributed by atoms with Gasteiger partial charge in [0.2, 0.25) is 5.78 Å². The van der Waals surface area contributed by atoms with Crippen LogP contribution in [-0.2, 0) is 0 Å². The van der Waals surface area contributed by atoms with Crippen LogP contribution in [0.25, 0.3) is 6.08 Å². The van der Waals surface area contributed by atoms with E-state index in [-0.39, 0.29) is 11.5 Å². The third kappa shape index (κ3) is 2.12. The lowest BCUT2D eigenvalue weighted by molar-refractivity contribution is 0.101. The van der Waals surface area contributed by atoms with Crippen LogP contribution in [0.4, 0.5) is 0 Å². The van der Waals surface area contributed by atoms with Gasteiger partial charge in [-0.15, -0.1) is 0 Å². The van der Waals surface area contributed by atoms with Crippen molar-refractivity contribution >= 4 is 11.9 Å². The molecule has 0 saturated heterocycles. The monoisotopic (exact) mass is 256 g/mol. The Hall–Kier alpha value is -2.49. The van der Waals surface area contributed by atoms with Gasteiger partial charge in [-0.3, -0.25) is 4.79 Å². The van der Waals surface area contributed by atoms with Crippen LogP contribution in [0.2, 0.25) is 0 Å². The quantitative estimate of drug-likeness (QED) is 0.790. The minimum absolute atomic E-state index is 0.144. The van der Waals surface area contributed by atoms with E-state index >= 15 is 0 Å². The van der Waals surface area contributed by atoms with E-state index in [1.54, 1.807) is 42.7 Å². The molecular weight excluding hydrogens is 244 g/mol. The summed E-state index contributed by atoms with van der Waals surface area (Å²) in [7, 11) is 0. The number of furan rings is 1. The van der Waals surface area contributed by atoms with Gasteiger partial charge in [-0.2, -0.15) is 0 Å². The number of rotatable bonds is 3. The van der Waals surface area contributed by atoms with Crippen LogP contribution >= 0.6 is 0 Å². The first kappa shape index (κ1) is 11.6. The summed E-state index contributed by atoms with van der Waals surface area (Å²) in [5, 5.41) is 0. The predicted molar refractivity (Wildman–Crippen MR) is 69.3 cm³/mol. The van der Waals surface area contributed by atoms with E-state index in [0.717, 1.165) is 0 Å². The van der Waals surface area contributed by atoms with E-state index in [4.69, 9.17) is 13.9 Å². The van der Waals surface area contributed by atoms with Gasteiger partial charge in [0.05, 0.1) is 18.4 Å². The maximum Gasteiger partial charge on any atom is 0.232 e. The van der Waals surface area contributed by atoms with E-state index in [1.165, 1.54) is 0 Å². The standard InChI is InChI=1S/C15H12O4/c1-2-17-11-5-6-12-13(8-11)19-14(15(12)16)9-10-4-3-7-18-10/h3-9H,2H2,1H3/b14-9+. The molecule has 1 aliphatic heterocycles. The van der Waals surface area contributed by atoms with Gasteiger partial charge >= 0.3 is 0 Å². The molecule has 1 aliphatic rings. The zero-order valence-electron chi connectivity index (χ0n) is 10.4. The highest BCUT2D eigenvalue weighted by atomic mass is 16.5. The van der Waals surface area contributed by atoms with Crippen LogP contribution in [0.3, 0.4) is 0 Å². The van der Waals surface area contributed by atoms with Crippen molar-refractivity contribution in [3.8, 4) is 11.5 Å². The lowest BCUT2D eigenvalue weighted by atomic mass is 10.1. The molecule has 2 aromatic rings. The summed E-state index contributed by atoms with van der Waals surface area (Å²) in [4.78, 5) is 12.1. The largest absolute Gasteiger partial charge is 0.494 e. The average Bonchev–Trinajstić information content (AvgIpc) is 3.00. The minimum Gasteiger partial charge on any atom is -0.494 e. The molecule has 19 heavy (non-hydrogen) atoms. The molecule has 0 bridgehead atoms. The summed E-state index contributed by atoms with van der Waals surface area (Å²) >= 11 is 0. The second kappa shape index (κ2) is 4.65. The smallest absolute Gasteiger partial charge is 0.232 e. The summed E-state index contributed by atoms with van der Waals surface area (Å²) in [6.07, 6.45) is 3.13. The third-order valence-electron chi connectivity index (χ3n) is 2.77. The van der Waals surface area contributed by atoms with Crippen LogP contribution in [0, 0.1) is 0 Å². The number of Topliss-reactive ketones (excluding diaryl/α,β-unsaturated/α-hetero) is 1. The number of ether oxygens (including phenoxy) is 2. The van der Waals surface area contributed by atoms with Gasteiger partial charge in [0.15, 0.2) is 5.76 Å². The van der Waals surface area contributed by atoms with Crippen LogP contribution in [0.15, 0.2) is 46.8 Å². The highest BCUT2D eigenvalue weighted by Crippen LogP contribution is 2.34. The Bertz CT molecular complexity index is 638. The predicted octanol–water partition coefficient (Wildman–Crippen LogP) is 3.29. The fourth-order valence-corrected chi connectivity index (χ4v) is 1.93. The molecule has 0 spiro atoms. The van der Waals surface area contributed by atoms with Crippen LogP contribution in [-0.4, -0.2) is 12.4 Å². The first-order chi connectivity index (χ1) is 9.28. The first-order valence-electron chi connectivity index (χ1n) is 6.02. The van der Waals surface area contributed by atoms with Crippen LogP contribution in [0.5, 0.6) is 11.5 Å². The van der Waals surface area contributed by atoms with Crippen LogP contribution < -0.4 is 9.47 Å². The molecule has 96 valence electrons. The molecule has 0 radical (unpaired) electrons. The zero-order chi connectivity index (χ0) is 13.2. The zero-order valence-corrected chi connectivity index (χ0v) is 10.4. The Morgan fingerprint density at radius 2 is 2.21 bits per heavy atom. The highest BCUT2D eigenvalue weighted by molar-refractivity contribution is 6.14. The molecule has 0 amide bonds. The molecular formula is C15H12O4.